The molecule has 2 N–H and O–H groups in total. The van der Waals surface area contributed by atoms with Gasteiger partial charge in [-0.2, -0.15) is 0 Å². The first-order chi connectivity index (χ1) is 14.3. The van der Waals surface area contributed by atoms with Crippen LogP contribution in [-0.2, 0) is 4.74 Å². The molecule has 0 unspecified atom stereocenters. The molecule has 1 fully saturated rings. The number of carbonyl (C=O) groups is 2. The van der Waals surface area contributed by atoms with Crippen LogP contribution in [0.5, 0.6) is 0 Å². The maximum Gasteiger partial charge on any atom is 0.335 e. The van der Waals surface area contributed by atoms with Crippen LogP contribution in [0.2, 0.25) is 0 Å². The van der Waals surface area contributed by atoms with E-state index in [9.17, 15) is 29.8 Å². The van der Waals surface area contributed by atoms with Gasteiger partial charge in [-0.15, -0.1) is 0 Å². The van der Waals surface area contributed by atoms with E-state index in [1.54, 1.807) is 0 Å². The third kappa shape index (κ3) is 4.33. The Morgan fingerprint density at radius 1 is 1.00 bits per heavy atom. The lowest BCUT2D eigenvalue weighted by Crippen LogP contribution is -2.37. The normalized spacial score (nSPS) is 13.5. The zero-order valence-electron chi connectivity index (χ0n) is 15.4. The molecule has 1 aliphatic heterocycles. The van der Waals surface area contributed by atoms with Crippen LogP contribution < -0.4 is 10.2 Å². The maximum absolute atomic E-state index is 12.6. The molecule has 1 amide bonds. The van der Waals surface area contributed by atoms with Gasteiger partial charge in [-0.3, -0.25) is 25.0 Å². The first-order valence-electron chi connectivity index (χ1n) is 8.72. The minimum atomic E-state index is -1.20. The lowest BCUT2D eigenvalue weighted by Gasteiger charge is -2.28. The summed E-state index contributed by atoms with van der Waals surface area (Å²) in [6.45, 7) is 0.983. The average molecular weight is 416 g/mol. The summed E-state index contributed by atoms with van der Waals surface area (Å²) in [6, 6.07) is 7.29. The van der Waals surface area contributed by atoms with Crippen molar-refractivity contribution in [3.63, 3.8) is 0 Å². The molecule has 1 saturated heterocycles. The predicted molar refractivity (Wildman–Crippen MR) is 104 cm³/mol. The van der Waals surface area contributed by atoms with Crippen molar-refractivity contribution >= 4 is 34.6 Å². The van der Waals surface area contributed by atoms with E-state index < -0.39 is 33.1 Å². The molecular formula is C18H16N4O8. The molecule has 2 aromatic carbocycles. The minimum Gasteiger partial charge on any atom is -0.478 e. The summed E-state index contributed by atoms with van der Waals surface area (Å²) in [5.74, 6) is -2.05. The molecule has 2 aromatic rings. The number of carbonyl (C=O) groups excluding carboxylic acids is 1. The summed E-state index contributed by atoms with van der Waals surface area (Å²) in [4.78, 5) is 46.8. The van der Waals surface area contributed by atoms with Gasteiger partial charge in [-0.1, -0.05) is 6.07 Å². The van der Waals surface area contributed by atoms with E-state index in [1.165, 1.54) is 29.2 Å². The van der Waals surface area contributed by atoms with Gasteiger partial charge in [-0.05, 0) is 18.2 Å². The predicted octanol–water partition coefficient (Wildman–Crippen LogP) is 2.29. The number of rotatable bonds is 6. The van der Waals surface area contributed by atoms with Crippen molar-refractivity contribution in [1.82, 2.24) is 0 Å². The van der Waals surface area contributed by atoms with Gasteiger partial charge in [0.25, 0.3) is 17.3 Å². The van der Waals surface area contributed by atoms with Gasteiger partial charge in [0.05, 0.1) is 34.2 Å². The van der Waals surface area contributed by atoms with Crippen LogP contribution in [0.1, 0.15) is 20.7 Å². The van der Waals surface area contributed by atoms with E-state index in [2.05, 4.69) is 5.32 Å². The monoisotopic (exact) mass is 416 g/mol. The number of anilines is 2. The van der Waals surface area contributed by atoms with Crippen LogP contribution in [0.25, 0.3) is 0 Å². The number of nitro benzene ring substituents is 2. The van der Waals surface area contributed by atoms with Crippen molar-refractivity contribution in [3.05, 3.63) is 67.8 Å². The van der Waals surface area contributed by atoms with Crippen molar-refractivity contribution in [2.75, 3.05) is 36.5 Å². The van der Waals surface area contributed by atoms with Crippen molar-refractivity contribution in [1.29, 1.82) is 0 Å². The van der Waals surface area contributed by atoms with Gasteiger partial charge in [-0.25, -0.2) is 4.79 Å². The first kappa shape index (κ1) is 20.7. The zero-order valence-corrected chi connectivity index (χ0v) is 15.4. The molecule has 0 aliphatic carbocycles. The summed E-state index contributed by atoms with van der Waals surface area (Å²) < 4.78 is 5.19. The fourth-order valence-corrected chi connectivity index (χ4v) is 3.06. The first-order valence-corrected chi connectivity index (χ1v) is 8.72. The highest BCUT2D eigenvalue weighted by molar-refractivity contribution is 6.06. The number of carboxylic acid groups (broad SMARTS) is 1. The van der Waals surface area contributed by atoms with Crippen molar-refractivity contribution < 1.29 is 29.3 Å². The average Bonchev–Trinajstić information content (AvgIpc) is 2.73. The van der Waals surface area contributed by atoms with Crippen molar-refractivity contribution in [2.45, 2.75) is 0 Å². The minimum absolute atomic E-state index is 0.0765. The summed E-state index contributed by atoms with van der Waals surface area (Å²) in [6.07, 6.45) is 0. The molecule has 1 aliphatic rings. The molecule has 0 bridgehead atoms. The van der Waals surface area contributed by atoms with Crippen LogP contribution in [0.3, 0.4) is 0 Å². The largest absolute Gasteiger partial charge is 0.478 e. The standard InChI is InChI=1S/C18H16N4O8/c23-17(19-13-3-1-2-11(8-13)18(24)25)12-9-14(21(26)27)16(15(10-12)22(28)29)20-4-6-30-7-5-20/h1-3,8-10H,4-7H2,(H,19,23)(H,24,25). The van der Waals surface area contributed by atoms with Gasteiger partial charge in [0, 0.05) is 30.9 Å². The van der Waals surface area contributed by atoms with E-state index in [4.69, 9.17) is 9.84 Å². The highest BCUT2D eigenvalue weighted by Crippen LogP contribution is 2.39. The summed E-state index contributed by atoms with van der Waals surface area (Å²) in [5.41, 5.74) is -1.58. The SMILES string of the molecule is O=C(O)c1cccc(NC(=O)c2cc([N+](=O)[O-])c(N3CCOCC3)c([N+](=O)[O-])c2)c1. The molecule has 0 aromatic heterocycles. The number of amides is 1. The van der Waals surface area contributed by atoms with Gasteiger partial charge in [0.1, 0.15) is 0 Å². The molecule has 12 heteroatoms. The van der Waals surface area contributed by atoms with Gasteiger partial charge < -0.3 is 20.1 Å². The highest BCUT2D eigenvalue weighted by atomic mass is 16.6. The van der Waals surface area contributed by atoms with E-state index in [1.807, 2.05) is 0 Å². The summed E-state index contributed by atoms with van der Waals surface area (Å²) in [5, 5.41) is 34.7. The Kier molecular flexibility index (Phi) is 5.88. The molecule has 0 spiro atoms. The second-order valence-corrected chi connectivity index (χ2v) is 6.32. The number of aromatic carboxylic acids is 1. The van der Waals surface area contributed by atoms with E-state index in [0.29, 0.717) is 0 Å². The maximum atomic E-state index is 12.6. The number of nitro groups is 2. The third-order valence-corrected chi connectivity index (χ3v) is 4.42. The summed E-state index contributed by atoms with van der Waals surface area (Å²) in [7, 11) is 0. The molecular weight excluding hydrogens is 400 g/mol. The zero-order chi connectivity index (χ0) is 21.8. The van der Waals surface area contributed by atoms with Crippen LogP contribution in [0.15, 0.2) is 36.4 Å². The quantitative estimate of drug-likeness (QED) is 0.530. The van der Waals surface area contributed by atoms with Crippen molar-refractivity contribution in [3.8, 4) is 0 Å². The highest BCUT2D eigenvalue weighted by Gasteiger charge is 2.33. The van der Waals surface area contributed by atoms with E-state index in [-0.39, 0.29) is 48.8 Å². The Labute approximate surface area is 169 Å². The lowest BCUT2D eigenvalue weighted by molar-refractivity contribution is -0.392. The number of hydrogen-bond donors (Lipinski definition) is 2. The Hall–Kier alpha value is -4.06. The molecule has 30 heavy (non-hydrogen) atoms. The topological polar surface area (TPSA) is 165 Å². The van der Waals surface area contributed by atoms with E-state index >= 15 is 0 Å². The van der Waals surface area contributed by atoms with Gasteiger partial charge >= 0.3 is 5.97 Å². The second kappa shape index (κ2) is 8.53. The number of morpholine rings is 1. The Bertz CT molecular complexity index is 998. The number of hydrogen-bond acceptors (Lipinski definition) is 8. The van der Waals surface area contributed by atoms with Crippen LogP contribution in [-0.4, -0.2) is 53.1 Å². The summed E-state index contributed by atoms with van der Waals surface area (Å²) >= 11 is 0. The lowest BCUT2D eigenvalue weighted by atomic mass is 10.1. The second-order valence-electron chi connectivity index (χ2n) is 6.32. The third-order valence-electron chi connectivity index (χ3n) is 4.42. The van der Waals surface area contributed by atoms with Gasteiger partial charge in [0.15, 0.2) is 5.69 Å². The smallest absolute Gasteiger partial charge is 0.335 e. The fraction of sp³-hybridized carbons (Fsp3) is 0.222. The van der Waals surface area contributed by atoms with Crippen LogP contribution in [0.4, 0.5) is 22.7 Å². The molecule has 12 nitrogen and oxygen atoms in total. The molecule has 0 saturated carbocycles. The Morgan fingerprint density at radius 2 is 1.60 bits per heavy atom. The number of ether oxygens (including phenoxy) is 1. The number of nitrogens with one attached hydrogen (secondary N) is 1. The van der Waals surface area contributed by atoms with Crippen LogP contribution in [0, 0.1) is 20.2 Å². The molecule has 156 valence electrons. The van der Waals surface area contributed by atoms with Crippen LogP contribution >= 0.6 is 0 Å². The Balaban J connectivity index is 2.01. The molecule has 0 radical (unpaired) electrons. The Morgan fingerprint density at radius 3 is 2.13 bits per heavy atom. The fourth-order valence-electron chi connectivity index (χ4n) is 3.06. The van der Waals surface area contributed by atoms with Crippen molar-refractivity contribution in [2.24, 2.45) is 0 Å². The molecule has 3 rings (SSSR count). The van der Waals surface area contributed by atoms with E-state index in [0.717, 1.165) is 12.1 Å². The number of carboxylic acids is 1. The number of benzene rings is 2. The van der Waals surface area contributed by atoms with Gasteiger partial charge in [0.2, 0.25) is 0 Å². The molecule has 1 heterocycles. The number of nitrogens with zero attached hydrogens (tertiary/aromatic N) is 3. The molecule has 0 atom stereocenters.